The molecule has 5 rings (SSSR count). The van der Waals surface area contributed by atoms with E-state index in [1.54, 1.807) is 0 Å². The molecule has 2 heteroatoms. The van der Waals surface area contributed by atoms with E-state index in [4.69, 9.17) is 9.47 Å². The van der Waals surface area contributed by atoms with E-state index >= 15 is 0 Å². The Morgan fingerprint density at radius 1 is 0.885 bits per heavy atom. The SMILES string of the molecule is Cc1cc(C)cc([C@@H]2C[C@@]3(OCc4ccccc43)Oc3ccccc32)c1. The lowest BCUT2D eigenvalue weighted by Gasteiger charge is -2.39. The summed E-state index contributed by atoms with van der Waals surface area (Å²) in [5.41, 5.74) is 7.58. The van der Waals surface area contributed by atoms with Crippen LogP contribution in [0.2, 0.25) is 0 Å². The Morgan fingerprint density at radius 2 is 1.62 bits per heavy atom. The van der Waals surface area contributed by atoms with Gasteiger partial charge in [-0.25, -0.2) is 0 Å². The smallest absolute Gasteiger partial charge is 0.238 e. The van der Waals surface area contributed by atoms with Crippen molar-refractivity contribution in [3.8, 4) is 5.75 Å². The molecular weight excluding hydrogens is 320 g/mol. The van der Waals surface area contributed by atoms with Gasteiger partial charge in [0.05, 0.1) is 6.61 Å². The van der Waals surface area contributed by atoms with E-state index < -0.39 is 5.79 Å². The maximum atomic E-state index is 6.50. The van der Waals surface area contributed by atoms with E-state index in [9.17, 15) is 0 Å². The lowest BCUT2D eigenvalue weighted by molar-refractivity contribution is -0.195. The van der Waals surface area contributed by atoms with Gasteiger partial charge >= 0.3 is 0 Å². The molecule has 3 aromatic rings. The van der Waals surface area contributed by atoms with Crippen molar-refractivity contribution in [3.63, 3.8) is 0 Å². The first-order valence-electron chi connectivity index (χ1n) is 9.23. The third-order valence-corrected chi connectivity index (χ3v) is 5.58. The van der Waals surface area contributed by atoms with Crippen molar-refractivity contribution < 1.29 is 9.47 Å². The first-order valence-corrected chi connectivity index (χ1v) is 9.23. The Morgan fingerprint density at radius 3 is 2.46 bits per heavy atom. The predicted octanol–water partition coefficient (Wildman–Crippen LogP) is 5.60. The second-order valence-electron chi connectivity index (χ2n) is 7.52. The van der Waals surface area contributed by atoms with Gasteiger partial charge in [-0.1, -0.05) is 71.8 Å². The molecule has 0 radical (unpaired) electrons. The number of ether oxygens (including phenoxy) is 2. The van der Waals surface area contributed by atoms with Gasteiger partial charge in [0, 0.05) is 23.5 Å². The molecule has 2 aliphatic heterocycles. The monoisotopic (exact) mass is 342 g/mol. The maximum absolute atomic E-state index is 6.50. The zero-order chi connectivity index (χ0) is 17.7. The third kappa shape index (κ3) is 2.37. The first-order chi connectivity index (χ1) is 12.6. The van der Waals surface area contributed by atoms with Crippen LogP contribution in [0.5, 0.6) is 5.75 Å². The van der Waals surface area contributed by atoms with E-state index in [1.165, 1.54) is 33.4 Å². The van der Waals surface area contributed by atoms with Crippen LogP contribution < -0.4 is 4.74 Å². The second kappa shape index (κ2) is 5.72. The maximum Gasteiger partial charge on any atom is 0.238 e. The summed E-state index contributed by atoms with van der Waals surface area (Å²) in [6.07, 6.45) is 0.796. The highest BCUT2D eigenvalue weighted by Crippen LogP contribution is 2.52. The number of fused-ring (bicyclic) bond motifs is 3. The molecule has 0 unspecified atom stereocenters. The van der Waals surface area contributed by atoms with Crippen molar-refractivity contribution in [2.75, 3.05) is 0 Å². The van der Waals surface area contributed by atoms with Crippen LogP contribution in [0.4, 0.5) is 0 Å². The lowest BCUT2D eigenvalue weighted by Crippen LogP contribution is -2.38. The van der Waals surface area contributed by atoms with Crippen LogP contribution in [-0.2, 0) is 17.1 Å². The highest BCUT2D eigenvalue weighted by Gasteiger charge is 2.48. The Kier molecular flexibility index (Phi) is 3.44. The Balaban J connectivity index is 1.68. The summed E-state index contributed by atoms with van der Waals surface area (Å²) in [5, 5.41) is 0. The number of para-hydroxylation sites is 1. The molecule has 2 aliphatic rings. The Bertz CT molecular complexity index is 971. The summed E-state index contributed by atoms with van der Waals surface area (Å²) in [6, 6.07) is 23.6. The molecule has 2 nitrogen and oxygen atoms in total. The minimum atomic E-state index is -0.687. The van der Waals surface area contributed by atoms with Crippen LogP contribution in [0.15, 0.2) is 66.7 Å². The molecule has 0 bridgehead atoms. The minimum absolute atomic E-state index is 0.254. The van der Waals surface area contributed by atoms with E-state index in [1.807, 2.05) is 6.07 Å². The van der Waals surface area contributed by atoms with Gasteiger partial charge in [0.15, 0.2) is 0 Å². The molecule has 0 saturated heterocycles. The number of hydrogen-bond donors (Lipinski definition) is 0. The molecule has 3 aromatic carbocycles. The van der Waals surface area contributed by atoms with Crippen molar-refractivity contribution in [1.29, 1.82) is 0 Å². The van der Waals surface area contributed by atoms with Crippen molar-refractivity contribution in [1.82, 2.24) is 0 Å². The standard InChI is InChI=1S/C24H22O2/c1-16-11-17(2)13-19(12-16)21-14-24(26-23-10-6-4-8-20(21)23)22-9-5-3-7-18(22)15-25-24/h3-13,21H,14-15H2,1-2H3/t21-,24+/m0/s1. The molecule has 2 atom stereocenters. The topological polar surface area (TPSA) is 18.5 Å². The van der Waals surface area contributed by atoms with Gasteiger partial charge in [-0.05, 0) is 31.0 Å². The van der Waals surface area contributed by atoms with Crippen molar-refractivity contribution >= 4 is 0 Å². The fourth-order valence-corrected chi connectivity index (χ4v) is 4.51. The summed E-state index contributed by atoms with van der Waals surface area (Å²) >= 11 is 0. The lowest BCUT2D eigenvalue weighted by atomic mass is 9.80. The van der Waals surface area contributed by atoms with Gasteiger partial charge in [0.1, 0.15) is 5.75 Å². The van der Waals surface area contributed by atoms with Crippen LogP contribution >= 0.6 is 0 Å². The van der Waals surface area contributed by atoms with Gasteiger partial charge < -0.3 is 9.47 Å². The van der Waals surface area contributed by atoms with Gasteiger partial charge in [-0.2, -0.15) is 0 Å². The molecular formula is C24H22O2. The van der Waals surface area contributed by atoms with Crippen molar-refractivity contribution in [2.45, 2.75) is 38.6 Å². The fraction of sp³-hybridized carbons (Fsp3) is 0.250. The summed E-state index contributed by atoms with van der Waals surface area (Å²) in [7, 11) is 0. The molecule has 0 saturated carbocycles. The van der Waals surface area contributed by atoms with E-state index in [-0.39, 0.29) is 5.92 Å². The van der Waals surface area contributed by atoms with Gasteiger partial charge in [-0.3, -0.25) is 0 Å². The normalized spacial score (nSPS) is 23.4. The zero-order valence-electron chi connectivity index (χ0n) is 15.2. The molecule has 130 valence electrons. The molecule has 0 N–H and O–H groups in total. The van der Waals surface area contributed by atoms with Crippen LogP contribution in [0.25, 0.3) is 0 Å². The molecule has 26 heavy (non-hydrogen) atoms. The van der Waals surface area contributed by atoms with Crippen LogP contribution in [-0.4, -0.2) is 0 Å². The average Bonchev–Trinajstić information content (AvgIpc) is 2.98. The number of rotatable bonds is 1. The van der Waals surface area contributed by atoms with Crippen LogP contribution in [0.1, 0.15) is 45.7 Å². The molecule has 2 heterocycles. The molecule has 0 aliphatic carbocycles. The van der Waals surface area contributed by atoms with Crippen molar-refractivity contribution in [3.05, 3.63) is 100 Å². The first kappa shape index (κ1) is 15.7. The molecule has 0 aromatic heterocycles. The van der Waals surface area contributed by atoms with Gasteiger partial charge in [-0.15, -0.1) is 0 Å². The van der Waals surface area contributed by atoms with E-state index in [0.717, 1.165) is 12.2 Å². The van der Waals surface area contributed by atoms with Crippen LogP contribution in [0.3, 0.4) is 0 Å². The summed E-state index contributed by atoms with van der Waals surface area (Å²) in [5.74, 6) is 0.497. The number of benzene rings is 3. The average molecular weight is 342 g/mol. The zero-order valence-corrected chi connectivity index (χ0v) is 15.2. The molecule has 0 fully saturated rings. The van der Waals surface area contributed by atoms with E-state index in [0.29, 0.717) is 6.61 Å². The largest absolute Gasteiger partial charge is 0.458 e. The third-order valence-electron chi connectivity index (χ3n) is 5.58. The van der Waals surface area contributed by atoms with Gasteiger partial charge in [0.25, 0.3) is 0 Å². The Labute approximate surface area is 154 Å². The predicted molar refractivity (Wildman–Crippen MR) is 102 cm³/mol. The fourth-order valence-electron chi connectivity index (χ4n) is 4.51. The highest BCUT2D eigenvalue weighted by atomic mass is 16.7. The van der Waals surface area contributed by atoms with Crippen LogP contribution in [0, 0.1) is 13.8 Å². The highest BCUT2D eigenvalue weighted by molar-refractivity contribution is 5.48. The second-order valence-corrected chi connectivity index (χ2v) is 7.52. The summed E-state index contributed by atoms with van der Waals surface area (Å²) in [4.78, 5) is 0. The van der Waals surface area contributed by atoms with Gasteiger partial charge in [0.2, 0.25) is 5.79 Å². The van der Waals surface area contributed by atoms with E-state index in [2.05, 4.69) is 74.5 Å². The summed E-state index contributed by atoms with van der Waals surface area (Å²) in [6.45, 7) is 4.94. The number of hydrogen-bond acceptors (Lipinski definition) is 2. The molecule has 1 spiro atoms. The number of aryl methyl sites for hydroxylation is 2. The van der Waals surface area contributed by atoms with Crippen molar-refractivity contribution in [2.24, 2.45) is 0 Å². The Hall–Kier alpha value is -2.58. The summed E-state index contributed by atoms with van der Waals surface area (Å²) < 4.78 is 12.8. The minimum Gasteiger partial charge on any atom is -0.458 e. The molecule has 0 amide bonds. The quantitative estimate of drug-likeness (QED) is 0.573.